The third-order valence-electron chi connectivity index (χ3n) is 6.58. The second-order valence-corrected chi connectivity index (χ2v) is 9.31. The van der Waals surface area contributed by atoms with Gasteiger partial charge in [0.1, 0.15) is 0 Å². The van der Waals surface area contributed by atoms with Crippen LogP contribution in [0.5, 0.6) is 0 Å². The fourth-order valence-corrected chi connectivity index (χ4v) is 4.96. The van der Waals surface area contributed by atoms with Crippen molar-refractivity contribution in [3.8, 4) is 0 Å². The zero-order valence-corrected chi connectivity index (χ0v) is 19.1. The molecule has 3 fully saturated rings. The smallest absolute Gasteiger partial charge is 0.254 e. The lowest BCUT2D eigenvalue weighted by Gasteiger charge is -2.35. The fraction of sp³-hybridized carbons (Fsp3) is 0.667. The molecule has 1 spiro atoms. The molecule has 7 nitrogen and oxygen atoms in total. The van der Waals surface area contributed by atoms with Gasteiger partial charge in [0, 0.05) is 50.3 Å². The number of benzene rings is 1. The number of carbonyl (C=O) groups is 1. The van der Waals surface area contributed by atoms with E-state index in [0.717, 1.165) is 56.4 Å². The first-order valence-electron chi connectivity index (χ1n) is 11.6. The predicted molar refractivity (Wildman–Crippen MR) is 121 cm³/mol. The number of ether oxygens (including phenoxy) is 2. The maximum Gasteiger partial charge on any atom is 0.254 e. The van der Waals surface area contributed by atoms with Gasteiger partial charge in [-0.25, -0.2) is 4.99 Å². The Bertz CT molecular complexity index is 779. The molecule has 3 heterocycles. The van der Waals surface area contributed by atoms with Gasteiger partial charge in [-0.2, -0.15) is 0 Å². The fourth-order valence-electron chi connectivity index (χ4n) is 4.96. The third kappa shape index (κ3) is 5.21. The van der Waals surface area contributed by atoms with E-state index in [9.17, 15) is 4.79 Å². The zero-order chi connectivity index (χ0) is 21.8. The number of likely N-dealkylation sites (tertiary alicyclic amines) is 1. The number of nitrogens with zero attached hydrogens (tertiary/aromatic N) is 3. The minimum absolute atomic E-state index is 0.0753. The molecule has 3 saturated heterocycles. The van der Waals surface area contributed by atoms with Gasteiger partial charge in [0.05, 0.1) is 25.4 Å². The number of hydrogen-bond donors (Lipinski definition) is 1. The Morgan fingerprint density at radius 2 is 1.90 bits per heavy atom. The van der Waals surface area contributed by atoms with E-state index in [1.54, 1.807) is 0 Å². The SMILES string of the molecule is CCNC(=NCc1ccc(C(=O)N2CC(C)OC(C)C2)cc1)N1CCC2(CCOC2)C1. The summed E-state index contributed by atoms with van der Waals surface area (Å²) >= 11 is 0. The highest BCUT2D eigenvalue weighted by molar-refractivity contribution is 5.94. The molecule has 31 heavy (non-hydrogen) atoms. The van der Waals surface area contributed by atoms with Gasteiger partial charge in [0.15, 0.2) is 5.96 Å². The molecule has 0 bridgehead atoms. The highest BCUT2D eigenvalue weighted by Crippen LogP contribution is 2.38. The Balaban J connectivity index is 1.38. The topological polar surface area (TPSA) is 66.4 Å². The summed E-state index contributed by atoms with van der Waals surface area (Å²) in [5.74, 6) is 1.05. The van der Waals surface area contributed by atoms with Crippen molar-refractivity contribution in [3.63, 3.8) is 0 Å². The first kappa shape index (κ1) is 22.1. The molecule has 1 aromatic rings. The molecular weight excluding hydrogens is 392 g/mol. The van der Waals surface area contributed by atoms with E-state index < -0.39 is 0 Å². The summed E-state index contributed by atoms with van der Waals surface area (Å²) in [5, 5.41) is 3.44. The first-order chi connectivity index (χ1) is 15.0. The summed E-state index contributed by atoms with van der Waals surface area (Å²) in [6.45, 7) is 12.7. The number of rotatable bonds is 4. The van der Waals surface area contributed by atoms with E-state index in [-0.39, 0.29) is 18.1 Å². The van der Waals surface area contributed by atoms with Crippen LogP contribution in [-0.2, 0) is 16.0 Å². The summed E-state index contributed by atoms with van der Waals surface area (Å²) in [4.78, 5) is 22.0. The van der Waals surface area contributed by atoms with Crippen molar-refractivity contribution in [1.82, 2.24) is 15.1 Å². The normalized spacial score (nSPS) is 29.1. The minimum atomic E-state index is 0.0753. The van der Waals surface area contributed by atoms with Gasteiger partial charge >= 0.3 is 0 Å². The Morgan fingerprint density at radius 1 is 1.16 bits per heavy atom. The second kappa shape index (κ2) is 9.57. The summed E-state index contributed by atoms with van der Waals surface area (Å²) in [5.41, 5.74) is 2.14. The number of carbonyl (C=O) groups excluding carboxylic acids is 1. The molecule has 170 valence electrons. The monoisotopic (exact) mass is 428 g/mol. The molecule has 0 saturated carbocycles. The maximum atomic E-state index is 12.9. The summed E-state index contributed by atoms with van der Waals surface area (Å²) in [6.07, 6.45) is 2.48. The molecule has 1 aromatic carbocycles. The third-order valence-corrected chi connectivity index (χ3v) is 6.58. The highest BCUT2D eigenvalue weighted by atomic mass is 16.5. The van der Waals surface area contributed by atoms with Crippen molar-refractivity contribution < 1.29 is 14.3 Å². The number of morpholine rings is 1. The number of guanidine groups is 1. The average Bonchev–Trinajstić information content (AvgIpc) is 3.40. The van der Waals surface area contributed by atoms with Crippen molar-refractivity contribution in [2.75, 3.05) is 45.9 Å². The van der Waals surface area contributed by atoms with Gasteiger partial charge in [-0.05, 0) is 51.3 Å². The Kier molecular flexibility index (Phi) is 6.82. The summed E-state index contributed by atoms with van der Waals surface area (Å²) in [6, 6.07) is 7.88. The van der Waals surface area contributed by atoms with Crippen LogP contribution in [0.2, 0.25) is 0 Å². The lowest BCUT2D eigenvalue weighted by Crippen LogP contribution is -2.48. The second-order valence-electron chi connectivity index (χ2n) is 9.31. The molecule has 3 unspecified atom stereocenters. The molecule has 3 atom stereocenters. The first-order valence-corrected chi connectivity index (χ1v) is 11.6. The molecule has 1 N–H and O–H groups in total. The van der Waals surface area contributed by atoms with E-state index >= 15 is 0 Å². The van der Waals surface area contributed by atoms with E-state index in [1.165, 1.54) is 6.42 Å². The van der Waals surface area contributed by atoms with Crippen LogP contribution in [0.3, 0.4) is 0 Å². The van der Waals surface area contributed by atoms with Gasteiger partial charge < -0.3 is 24.6 Å². The van der Waals surface area contributed by atoms with Crippen LogP contribution in [0.4, 0.5) is 0 Å². The van der Waals surface area contributed by atoms with Crippen molar-refractivity contribution in [3.05, 3.63) is 35.4 Å². The van der Waals surface area contributed by atoms with Crippen LogP contribution in [-0.4, -0.2) is 79.8 Å². The largest absolute Gasteiger partial charge is 0.381 e. The van der Waals surface area contributed by atoms with Crippen LogP contribution in [0.15, 0.2) is 29.3 Å². The van der Waals surface area contributed by atoms with Gasteiger partial charge in [0.2, 0.25) is 0 Å². The lowest BCUT2D eigenvalue weighted by molar-refractivity contribution is -0.0586. The highest BCUT2D eigenvalue weighted by Gasteiger charge is 2.42. The van der Waals surface area contributed by atoms with E-state index in [2.05, 4.69) is 17.1 Å². The Morgan fingerprint density at radius 3 is 2.55 bits per heavy atom. The van der Waals surface area contributed by atoms with Crippen molar-refractivity contribution >= 4 is 11.9 Å². The van der Waals surface area contributed by atoms with Crippen molar-refractivity contribution in [2.24, 2.45) is 10.4 Å². The molecule has 1 amide bonds. The van der Waals surface area contributed by atoms with Crippen LogP contribution in [0.1, 0.15) is 49.5 Å². The predicted octanol–water partition coefficient (Wildman–Crippen LogP) is 2.51. The quantitative estimate of drug-likeness (QED) is 0.590. The van der Waals surface area contributed by atoms with Crippen LogP contribution < -0.4 is 5.32 Å². The summed E-state index contributed by atoms with van der Waals surface area (Å²) < 4.78 is 11.4. The van der Waals surface area contributed by atoms with Crippen LogP contribution in [0.25, 0.3) is 0 Å². The van der Waals surface area contributed by atoms with Gasteiger partial charge in [-0.15, -0.1) is 0 Å². The van der Waals surface area contributed by atoms with Crippen LogP contribution >= 0.6 is 0 Å². The molecule has 4 rings (SSSR count). The van der Waals surface area contributed by atoms with Crippen molar-refractivity contribution in [1.29, 1.82) is 0 Å². The standard InChI is InChI=1S/C24H36N4O3/c1-4-25-23(27-11-9-24(16-27)10-12-30-17-24)26-13-20-5-7-21(8-6-20)22(29)28-14-18(2)31-19(3)15-28/h5-8,18-19H,4,9-17H2,1-3H3,(H,25,26). The zero-order valence-electron chi connectivity index (χ0n) is 19.1. The van der Waals surface area contributed by atoms with Gasteiger partial charge in [-0.3, -0.25) is 4.79 Å². The molecule has 0 radical (unpaired) electrons. The number of hydrogen-bond acceptors (Lipinski definition) is 4. The molecule has 0 aromatic heterocycles. The maximum absolute atomic E-state index is 12.9. The lowest BCUT2D eigenvalue weighted by atomic mass is 9.87. The average molecular weight is 429 g/mol. The Hall–Kier alpha value is -2.12. The Labute approximate surface area is 185 Å². The van der Waals surface area contributed by atoms with E-state index in [4.69, 9.17) is 14.5 Å². The van der Waals surface area contributed by atoms with Gasteiger partial charge in [-0.1, -0.05) is 12.1 Å². The number of amides is 1. The molecule has 3 aliphatic heterocycles. The van der Waals surface area contributed by atoms with Gasteiger partial charge in [0.25, 0.3) is 5.91 Å². The number of nitrogens with one attached hydrogen (secondary N) is 1. The summed E-state index contributed by atoms with van der Waals surface area (Å²) in [7, 11) is 0. The van der Waals surface area contributed by atoms with E-state index in [0.29, 0.717) is 25.0 Å². The minimum Gasteiger partial charge on any atom is -0.381 e. The van der Waals surface area contributed by atoms with Crippen LogP contribution in [0, 0.1) is 5.41 Å². The molecular formula is C24H36N4O3. The molecule has 0 aliphatic carbocycles. The number of aliphatic imine (C=N–C) groups is 1. The van der Waals surface area contributed by atoms with Crippen molar-refractivity contribution in [2.45, 2.75) is 52.4 Å². The molecule has 7 heteroatoms. The molecule has 3 aliphatic rings. The van der Waals surface area contributed by atoms with E-state index in [1.807, 2.05) is 43.0 Å².